The predicted octanol–water partition coefficient (Wildman–Crippen LogP) is 2.93. The molecule has 1 aromatic carbocycles. The van der Waals surface area contributed by atoms with Gasteiger partial charge >= 0.3 is 0 Å². The highest BCUT2D eigenvalue weighted by Gasteiger charge is 2.07. The maximum absolute atomic E-state index is 12.8. The van der Waals surface area contributed by atoms with Crippen molar-refractivity contribution in [2.45, 2.75) is 6.92 Å². The monoisotopic (exact) mass is 185 g/mol. The van der Waals surface area contributed by atoms with E-state index in [-0.39, 0.29) is 5.02 Å². The Morgan fingerprint density at radius 2 is 2.25 bits per heavy atom. The van der Waals surface area contributed by atoms with Crippen LogP contribution in [-0.2, 0) is 0 Å². The normalized spacial score (nSPS) is 10.9. The Morgan fingerprint density at radius 3 is 3.00 bits per heavy atom. The second-order valence-electron chi connectivity index (χ2n) is 2.52. The second-order valence-corrected chi connectivity index (χ2v) is 2.93. The number of hydrogen-bond acceptors (Lipinski definition) is 2. The molecule has 1 heterocycles. The molecule has 4 heteroatoms. The molecule has 2 rings (SSSR count). The van der Waals surface area contributed by atoms with Gasteiger partial charge in [0.25, 0.3) is 0 Å². The number of hydrogen-bond donors (Lipinski definition) is 0. The van der Waals surface area contributed by atoms with E-state index >= 15 is 0 Å². The molecular formula is C8H5ClFNO. The van der Waals surface area contributed by atoms with Gasteiger partial charge in [0.1, 0.15) is 17.1 Å². The molecule has 0 aliphatic rings. The van der Waals surface area contributed by atoms with Crippen LogP contribution in [0.15, 0.2) is 16.7 Å². The first kappa shape index (κ1) is 7.55. The molecule has 0 radical (unpaired) electrons. The van der Waals surface area contributed by atoms with Crippen LogP contribution < -0.4 is 0 Å². The Balaban J connectivity index is 2.87. The van der Waals surface area contributed by atoms with Crippen molar-refractivity contribution in [3.05, 3.63) is 28.7 Å². The summed E-state index contributed by atoms with van der Waals surface area (Å²) in [7, 11) is 0. The van der Waals surface area contributed by atoms with Crippen molar-refractivity contribution in [1.82, 2.24) is 5.16 Å². The molecule has 0 saturated heterocycles. The molecule has 0 saturated carbocycles. The van der Waals surface area contributed by atoms with E-state index in [1.807, 2.05) is 0 Å². The summed E-state index contributed by atoms with van der Waals surface area (Å²) in [5.41, 5.74) is 0.495. The van der Waals surface area contributed by atoms with Gasteiger partial charge in [0, 0.05) is 11.5 Å². The predicted molar refractivity (Wildman–Crippen MR) is 43.7 cm³/mol. The molecule has 0 spiro atoms. The molecule has 0 N–H and O–H groups in total. The van der Waals surface area contributed by atoms with Gasteiger partial charge in [0.2, 0.25) is 0 Å². The van der Waals surface area contributed by atoms with Crippen molar-refractivity contribution in [1.29, 1.82) is 0 Å². The van der Waals surface area contributed by atoms with Crippen LogP contribution in [0.4, 0.5) is 4.39 Å². The van der Waals surface area contributed by atoms with Gasteiger partial charge < -0.3 is 4.52 Å². The summed E-state index contributed by atoms with van der Waals surface area (Å²) in [6.07, 6.45) is 0. The van der Waals surface area contributed by atoms with Gasteiger partial charge in [0.05, 0.1) is 5.02 Å². The Bertz CT molecular complexity index is 438. The second kappa shape index (κ2) is 2.45. The minimum Gasteiger partial charge on any atom is -0.360 e. The Hall–Kier alpha value is -1.09. The summed E-state index contributed by atoms with van der Waals surface area (Å²) in [6, 6.07) is 2.77. The molecule has 0 bridgehead atoms. The van der Waals surface area contributed by atoms with Gasteiger partial charge in [-0.25, -0.2) is 4.39 Å². The molecule has 0 aliphatic heterocycles. The highest BCUT2D eigenvalue weighted by molar-refractivity contribution is 6.31. The molecule has 2 nitrogen and oxygen atoms in total. The number of rotatable bonds is 0. The lowest BCUT2D eigenvalue weighted by molar-refractivity contribution is 0.405. The van der Waals surface area contributed by atoms with Crippen molar-refractivity contribution >= 4 is 22.5 Å². The van der Waals surface area contributed by atoms with Gasteiger partial charge in [-0.3, -0.25) is 0 Å². The van der Waals surface area contributed by atoms with E-state index in [1.165, 1.54) is 12.1 Å². The molecule has 12 heavy (non-hydrogen) atoms. The van der Waals surface area contributed by atoms with E-state index in [0.717, 1.165) is 5.39 Å². The van der Waals surface area contributed by atoms with E-state index in [9.17, 15) is 4.39 Å². The largest absolute Gasteiger partial charge is 0.360 e. The summed E-state index contributed by atoms with van der Waals surface area (Å²) in [5.74, 6) is 0.171. The zero-order valence-electron chi connectivity index (χ0n) is 6.27. The Labute approximate surface area is 72.9 Å². The molecule has 1 aromatic heterocycles. The average Bonchev–Trinajstić information content (AvgIpc) is 2.35. The highest BCUT2D eigenvalue weighted by Crippen LogP contribution is 2.24. The zero-order chi connectivity index (χ0) is 8.72. The van der Waals surface area contributed by atoms with Crippen LogP contribution in [0.2, 0.25) is 5.02 Å². The van der Waals surface area contributed by atoms with Gasteiger partial charge in [-0.1, -0.05) is 16.8 Å². The van der Waals surface area contributed by atoms with Gasteiger partial charge in [0.15, 0.2) is 0 Å². The lowest BCUT2D eigenvalue weighted by Gasteiger charge is -1.91. The summed E-state index contributed by atoms with van der Waals surface area (Å²) in [4.78, 5) is 0. The van der Waals surface area contributed by atoms with Gasteiger partial charge in [-0.05, 0) is 13.0 Å². The number of nitrogens with zero attached hydrogens (tertiary/aromatic N) is 1. The number of halogens is 2. The first-order chi connectivity index (χ1) is 5.68. The van der Waals surface area contributed by atoms with E-state index < -0.39 is 5.82 Å². The fourth-order valence-corrected chi connectivity index (χ4v) is 1.22. The van der Waals surface area contributed by atoms with E-state index in [4.69, 9.17) is 16.1 Å². The van der Waals surface area contributed by atoms with Crippen molar-refractivity contribution < 1.29 is 8.91 Å². The molecule has 2 aromatic rings. The molecule has 0 fully saturated rings. The van der Waals surface area contributed by atoms with Crippen molar-refractivity contribution in [3.8, 4) is 0 Å². The Kier molecular flexibility index (Phi) is 1.54. The first-order valence-corrected chi connectivity index (χ1v) is 3.77. The van der Waals surface area contributed by atoms with Crippen molar-refractivity contribution in [2.24, 2.45) is 0 Å². The minimum absolute atomic E-state index is 0.0915. The van der Waals surface area contributed by atoms with Crippen LogP contribution in [0.5, 0.6) is 0 Å². The first-order valence-electron chi connectivity index (χ1n) is 3.39. The quantitative estimate of drug-likeness (QED) is 0.631. The van der Waals surface area contributed by atoms with E-state index in [1.54, 1.807) is 6.92 Å². The summed E-state index contributed by atoms with van der Waals surface area (Å²) in [6.45, 7) is 1.75. The van der Waals surface area contributed by atoms with Crippen LogP contribution in [0.3, 0.4) is 0 Å². The third kappa shape index (κ3) is 0.975. The third-order valence-corrected chi connectivity index (χ3v) is 1.99. The smallest absolute Gasteiger partial charge is 0.144 e. The van der Waals surface area contributed by atoms with Crippen molar-refractivity contribution in [3.63, 3.8) is 0 Å². The van der Waals surface area contributed by atoms with Gasteiger partial charge in [-0.15, -0.1) is 0 Å². The molecular weight excluding hydrogens is 181 g/mol. The molecule has 0 aliphatic carbocycles. The van der Waals surface area contributed by atoms with E-state index in [0.29, 0.717) is 11.3 Å². The standard InChI is InChI=1S/C8H5ClFNO/c1-4-5-2-6(9)7(10)3-8(5)11-12-4/h2-3H,1H3. The molecule has 62 valence electrons. The maximum atomic E-state index is 12.8. The molecule has 0 unspecified atom stereocenters. The van der Waals surface area contributed by atoms with Crippen LogP contribution in [0.25, 0.3) is 10.9 Å². The number of fused-ring (bicyclic) bond motifs is 1. The van der Waals surface area contributed by atoms with E-state index in [2.05, 4.69) is 5.16 Å². The minimum atomic E-state index is -0.475. The summed E-state index contributed by atoms with van der Waals surface area (Å²) < 4.78 is 17.7. The molecule has 0 amide bonds. The number of aryl methyl sites for hydroxylation is 1. The van der Waals surface area contributed by atoms with Crippen LogP contribution in [0.1, 0.15) is 5.76 Å². The van der Waals surface area contributed by atoms with Crippen LogP contribution in [0, 0.1) is 12.7 Å². The highest BCUT2D eigenvalue weighted by atomic mass is 35.5. The lowest BCUT2D eigenvalue weighted by Crippen LogP contribution is -1.77. The fraction of sp³-hybridized carbons (Fsp3) is 0.125. The maximum Gasteiger partial charge on any atom is 0.144 e. The molecule has 0 atom stereocenters. The number of aromatic nitrogens is 1. The van der Waals surface area contributed by atoms with Crippen LogP contribution in [-0.4, -0.2) is 5.16 Å². The van der Waals surface area contributed by atoms with Crippen molar-refractivity contribution in [2.75, 3.05) is 0 Å². The lowest BCUT2D eigenvalue weighted by atomic mass is 10.2. The summed E-state index contributed by atoms with van der Waals surface area (Å²) >= 11 is 5.57. The SMILES string of the molecule is Cc1onc2cc(F)c(Cl)cc12. The fourth-order valence-electron chi connectivity index (χ4n) is 1.06. The number of benzene rings is 1. The van der Waals surface area contributed by atoms with Crippen LogP contribution >= 0.6 is 11.6 Å². The topological polar surface area (TPSA) is 26.0 Å². The zero-order valence-corrected chi connectivity index (χ0v) is 7.02. The summed E-state index contributed by atoms with van der Waals surface area (Å²) in [5, 5.41) is 4.49. The average molecular weight is 186 g/mol. The third-order valence-electron chi connectivity index (χ3n) is 1.70. The van der Waals surface area contributed by atoms with Gasteiger partial charge in [-0.2, -0.15) is 0 Å². The Morgan fingerprint density at radius 1 is 1.50 bits per heavy atom.